The minimum Gasteiger partial charge on any atom is -0.266 e. The van der Waals surface area contributed by atoms with E-state index in [9.17, 15) is 18.0 Å². The lowest BCUT2D eigenvalue weighted by Crippen LogP contribution is -2.18. The second kappa shape index (κ2) is 9.56. The summed E-state index contributed by atoms with van der Waals surface area (Å²) in [5.74, 6) is -0.613. The van der Waals surface area contributed by atoms with E-state index in [0.29, 0.717) is 10.6 Å². The molecule has 1 N–H and O–H groups in total. The van der Waals surface area contributed by atoms with E-state index < -0.39 is 17.8 Å². The maximum absolute atomic E-state index is 13.5. The molecule has 1 amide bonds. The Morgan fingerprint density at radius 1 is 1.03 bits per heavy atom. The highest BCUT2D eigenvalue weighted by Gasteiger charge is 2.35. The molecule has 2 aromatic heterocycles. The molecule has 180 valence electrons. The van der Waals surface area contributed by atoms with E-state index in [1.165, 1.54) is 11.6 Å². The molecule has 0 aliphatic rings. The number of benzene rings is 3. The smallest absolute Gasteiger partial charge is 0.266 e. The number of halogens is 4. The molecule has 0 saturated heterocycles. The molecule has 0 atom stereocenters. The van der Waals surface area contributed by atoms with Gasteiger partial charge < -0.3 is 0 Å². The molecule has 2 heterocycles. The molecule has 0 saturated carbocycles. The Hall–Kier alpha value is -4.02. The summed E-state index contributed by atoms with van der Waals surface area (Å²) < 4.78 is 41.7. The SMILES string of the molecule is O=C(NN=Cc1ccc(Cl)cc1)c1csc(-n2nc(C(F)(F)F)cc2-c2ccc3ccccc3c2)n1. The number of hydrogen-bond acceptors (Lipinski definition) is 5. The number of amides is 1. The second-order valence-corrected chi connectivity index (χ2v) is 8.93. The van der Waals surface area contributed by atoms with E-state index in [4.69, 9.17) is 11.6 Å². The maximum Gasteiger partial charge on any atom is 0.435 e. The van der Waals surface area contributed by atoms with Gasteiger partial charge in [0.1, 0.15) is 5.69 Å². The van der Waals surface area contributed by atoms with Crippen LogP contribution in [-0.2, 0) is 6.18 Å². The fraction of sp³-hybridized carbons (Fsp3) is 0.0400. The predicted octanol–water partition coefficient (Wildman–Crippen LogP) is 6.59. The van der Waals surface area contributed by atoms with Crippen LogP contribution in [0.5, 0.6) is 0 Å². The highest BCUT2D eigenvalue weighted by molar-refractivity contribution is 7.12. The number of carbonyl (C=O) groups is 1. The second-order valence-electron chi connectivity index (χ2n) is 7.65. The van der Waals surface area contributed by atoms with E-state index in [1.54, 1.807) is 36.4 Å². The largest absolute Gasteiger partial charge is 0.435 e. The first-order chi connectivity index (χ1) is 17.3. The Bertz CT molecular complexity index is 1590. The molecule has 0 fully saturated rings. The van der Waals surface area contributed by atoms with Gasteiger partial charge in [0.2, 0.25) is 5.13 Å². The van der Waals surface area contributed by atoms with Crippen molar-refractivity contribution in [3.05, 3.63) is 100 Å². The van der Waals surface area contributed by atoms with Gasteiger partial charge in [0, 0.05) is 16.0 Å². The van der Waals surface area contributed by atoms with Crippen LogP contribution in [0.2, 0.25) is 5.02 Å². The third-order valence-electron chi connectivity index (χ3n) is 5.20. The first-order valence-corrected chi connectivity index (χ1v) is 11.7. The number of fused-ring (bicyclic) bond motifs is 1. The molecule has 5 rings (SSSR count). The lowest BCUT2D eigenvalue weighted by atomic mass is 10.0. The summed E-state index contributed by atoms with van der Waals surface area (Å²) >= 11 is 6.83. The standard InChI is InChI=1S/C25H15ClF3N5OS/c26-19-9-5-15(6-10-19)13-30-32-23(35)20-14-36-24(31-20)34-21(12-22(33-34)25(27,28)29)18-8-7-16-3-1-2-4-17(16)11-18/h1-14H,(H,32,35). The summed E-state index contributed by atoms with van der Waals surface area (Å²) in [6.07, 6.45) is -3.22. The van der Waals surface area contributed by atoms with Crippen LogP contribution in [0.1, 0.15) is 21.7 Å². The Kier molecular flexibility index (Phi) is 6.29. The molecule has 11 heteroatoms. The van der Waals surface area contributed by atoms with E-state index in [-0.39, 0.29) is 16.5 Å². The van der Waals surface area contributed by atoms with E-state index >= 15 is 0 Å². The molecule has 0 unspecified atom stereocenters. The average Bonchev–Trinajstić information content (AvgIpc) is 3.53. The summed E-state index contributed by atoms with van der Waals surface area (Å²) in [5.41, 5.74) is 2.75. The zero-order chi connectivity index (χ0) is 25.3. The molecule has 0 bridgehead atoms. The molecule has 36 heavy (non-hydrogen) atoms. The zero-order valence-corrected chi connectivity index (χ0v) is 19.8. The summed E-state index contributed by atoms with van der Waals surface area (Å²) in [5, 5.41) is 11.6. The van der Waals surface area contributed by atoms with Gasteiger partial charge in [-0.15, -0.1) is 11.3 Å². The van der Waals surface area contributed by atoms with E-state index in [0.717, 1.165) is 38.4 Å². The first kappa shape index (κ1) is 23.7. The monoisotopic (exact) mass is 525 g/mol. The number of aromatic nitrogens is 3. The van der Waals surface area contributed by atoms with Crippen molar-refractivity contribution in [2.75, 3.05) is 0 Å². The Balaban J connectivity index is 1.45. The van der Waals surface area contributed by atoms with E-state index in [1.807, 2.05) is 30.3 Å². The number of hydrazone groups is 1. The normalized spacial score (nSPS) is 11.9. The van der Waals surface area contributed by atoms with Crippen molar-refractivity contribution in [2.24, 2.45) is 5.10 Å². The topological polar surface area (TPSA) is 72.2 Å². The van der Waals surface area contributed by atoms with Crippen molar-refractivity contribution in [2.45, 2.75) is 6.18 Å². The van der Waals surface area contributed by atoms with Crippen LogP contribution in [0, 0.1) is 0 Å². The van der Waals surface area contributed by atoms with Gasteiger partial charge in [-0.1, -0.05) is 60.1 Å². The van der Waals surface area contributed by atoms with Crippen LogP contribution in [0.3, 0.4) is 0 Å². The van der Waals surface area contributed by atoms with Gasteiger partial charge in [-0.3, -0.25) is 4.79 Å². The van der Waals surface area contributed by atoms with Crippen molar-refractivity contribution in [1.29, 1.82) is 0 Å². The molecular weight excluding hydrogens is 511 g/mol. The number of rotatable bonds is 5. The van der Waals surface area contributed by atoms with Crippen molar-refractivity contribution in [3.8, 4) is 16.4 Å². The van der Waals surface area contributed by atoms with Crippen molar-refractivity contribution >= 4 is 45.8 Å². The van der Waals surface area contributed by atoms with Crippen molar-refractivity contribution < 1.29 is 18.0 Å². The van der Waals surface area contributed by atoms with Crippen LogP contribution in [0.15, 0.2) is 83.3 Å². The molecule has 0 spiro atoms. The average molecular weight is 526 g/mol. The van der Waals surface area contributed by atoms with Crippen LogP contribution >= 0.6 is 22.9 Å². The number of alkyl halides is 3. The summed E-state index contributed by atoms with van der Waals surface area (Å²) in [6, 6.07) is 20.7. The number of hydrogen-bond donors (Lipinski definition) is 1. The van der Waals surface area contributed by atoms with Gasteiger partial charge in [0.25, 0.3) is 5.91 Å². The molecule has 0 aliphatic carbocycles. The van der Waals surface area contributed by atoms with Crippen LogP contribution in [0.4, 0.5) is 13.2 Å². The highest BCUT2D eigenvalue weighted by atomic mass is 35.5. The number of nitrogens with one attached hydrogen (secondary N) is 1. The lowest BCUT2D eigenvalue weighted by molar-refractivity contribution is -0.141. The fourth-order valence-corrected chi connectivity index (χ4v) is 4.35. The van der Waals surface area contributed by atoms with Gasteiger partial charge in [-0.2, -0.15) is 23.4 Å². The number of thiazole rings is 1. The van der Waals surface area contributed by atoms with Crippen molar-refractivity contribution in [1.82, 2.24) is 20.2 Å². The van der Waals surface area contributed by atoms with E-state index in [2.05, 4.69) is 20.6 Å². The first-order valence-electron chi connectivity index (χ1n) is 10.5. The van der Waals surface area contributed by atoms with Gasteiger partial charge in [-0.25, -0.2) is 15.1 Å². The van der Waals surface area contributed by atoms with Crippen molar-refractivity contribution in [3.63, 3.8) is 0 Å². The summed E-state index contributed by atoms with van der Waals surface area (Å²) in [4.78, 5) is 16.7. The summed E-state index contributed by atoms with van der Waals surface area (Å²) in [7, 11) is 0. The third-order valence-corrected chi connectivity index (χ3v) is 6.27. The van der Waals surface area contributed by atoms with Gasteiger partial charge in [-0.05, 0) is 40.6 Å². The molecule has 6 nitrogen and oxygen atoms in total. The predicted molar refractivity (Wildman–Crippen MR) is 134 cm³/mol. The van der Waals surface area contributed by atoms with Gasteiger partial charge >= 0.3 is 6.18 Å². The molecule has 0 aliphatic heterocycles. The third kappa shape index (κ3) is 5.00. The number of carbonyl (C=O) groups excluding carboxylic acids is 1. The number of nitrogens with zero attached hydrogens (tertiary/aromatic N) is 4. The van der Waals surface area contributed by atoms with Gasteiger partial charge in [0.05, 0.1) is 11.9 Å². The molecule has 5 aromatic rings. The zero-order valence-electron chi connectivity index (χ0n) is 18.2. The Morgan fingerprint density at radius 2 is 1.78 bits per heavy atom. The minimum absolute atomic E-state index is 0.00298. The van der Waals surface area contributed by atoms with Crippen LogP contribution < -0.4 is 5.43 Å². The van der Waals surface area contributed by atoms with Crippen LogP contribution in [-0.4, -0.2) is 26.9 Å². The molecule has 0 radical (unpaired) electrons. The highest BCUT2D eigenvalue weighted by Crippen LogP contribution is 2.34. The Morgan fingerprint density at radius 3 is 2.53 bits per heavy atom. The van der Waals surface area contributed by atoms with Gasteiger partial charge in [0.15, 0.2) is 5.69 Å². The fourth-order valence-electron chi connectivity index (χ4n) is 3.46. The Labute approximate surface area is 211 Å². The molecular formula is C25H15ClF3N5OS. The molecule has 3 aromatic carbocycles. The van der Waals surface area contributed by atoms with Crippen LogP contribution in [0.25, 0.3) is 27.2 Å². The summed E-state index contributed by atoms with van der Waals surface area (Å²) in [6.45, 7) is 0. The maximum atomic E-state index is 13.5. The minimum atomic E-state index is -4.65. The lowest BCUT2D eigenvalue weighted by Gasteiger charge is -2.06. The quantitative estimate of drug-likeness (QED) is 0.208.